The van der Waals surface area contributed by atoms with Gasteiger partial charge in [-0.05, 0) is 139 Å². The summed E-state index contributed by atoms with van der Waals surface area (Å²) in [7, 11) is 3.08. The lowest BCUT2D eigenvalue weighted by Gasteiger charge is -2.47. The van der Waals surface area contributed by atoms with E-state index in [1.165, 1.54) is 35.8 Å². The number of aliphatic hydroxyl groups is 2. The molecule has 2 bridgehead atoms. The van der Waals surface area contributed by atoms with E-state index in [1.807, 2.05) is 26.8 Å². The Morgan fingerprint density at radius 1 is 0.957 bits per heavy atom. The molecule has 386 valence electrons. The highest BCUT2D eigenvalue weighted by molar-refractivity contribution is 6.39. The summed E-state index contributed by atoms with van der Waals surface area (Å²) in [6, 6.07) is 8.29. The van der Waals surface area contributed by atoms with Crippen molar-refractivity contribution in [3.8, 4) is 0 Å². The van der Waals surface area contributed by atoms with Crippen molar-refractivity contribution in [2.45, 2.75) is 186 Å². The van der Waals surface area contributed by atoms with E-state index in [0.29, 0.717) is 56.7 Å². The van der Waals surface area contributed by atoms with Gasteiger partial charge in [0.25, 0.3) is 11.7 Å². The van der Waals surface area contributed by atoms with Crippen molar-refractivity contribution in [1.82, 2.24) is 9.47 Å². The van der Waals surface area contributed by atoms with Crippen LogP contribution < -0.4 is 5.32 Å². The maximum Gasteiger partial charge on any atom is 0.329 e. The average Bonchev–Trinajstić information content (AvgIpc) is 4.10. The normalized spacial score (nSPS) is 36.7. The highest BCUT2D eigenvalue weighted by Gasteiger charge is 2.56. The van der Waals surface area contributed by atoms with Crippen LogP contribution in [0.5, 0.6) is 0 Å². The molecule has 2 saturated heterocycles. The van der Waals surface area contributed by atoms with Crippen LogP contribution in [0.15, 0.2) is 66.4 Å². The summed E-state index contributed by atoms with van der Waals surface area (Å²) in [5.41, 5.74) is 3.98. The number of ketones is 2. The number of nitrogens with zero attached hydrogens (tertiary/aromatic N) is 2. The fourth-order valence-electron chi connectivity index (χ4n) is 11.9. The monoisotopic (exact) mass is 972 g/mol. The Bertz CT molecular complexity index is 2230. The predicted molar refractivity (Wildman–Crippen MR) is 269 cm³/mol. The number of rotatable bonds is 11. The van der Waals surface area contributed by atoms with Gasteiger partial charge < -0.3 is 48.7 Å². The van der Waals surface area contributed by atoms with Crippen LogP contribution in [-0.2, 0) is 42.9 Å². The fourth-order valence-corrected chi connectivity index (χ4v) is 11.9. The zero-order valence-electron chi connectivity index (χ0n) is 43.0. The Morgan fingerprint density at radius 2 is 1.70 bits per heavy atom. The number of benzene rings is 1. The molecule has 14 heteroatoms. The van der Waals surface area contributed by atoms with Crippen molar-refractivity contribution < 1.29 is 53.1 Å². The van der Waals surface area contributed by atoms with E-state index in [9.17, 15) is 29.4 Å². The highest BCUT2D eigenvalue weighted by atomic mass is 16.7. The summed E-state index contributed by atoms with van der Waals surface area (Å²) in [6.07, 6.45) is 11.3. The second-order valence-electron chi connectivity index (χ2n) is 21.4. The van der Waals surface area contributed by atoms with Crippen molar-refractivity contribution in [1.29, 1.82) is 0 Å². The second-order valence-corrected chi connectivity index (χ2v) is 21.4. The van der Waals surface area contributed by atoms with E-state index in [2.05, 4.69) is 59.9 Å². The van der Waals surface area contributed by atoms with Gasteiger partial charge in [-0.1, -0.05) is 44.6 Å². The highest BCUT2D eigenvalue weighted by Crippen LogP contribution is 2.41. The molecule has 14 atom stereocenters. The Hall–Kier alpha value is -4.18. The molecule has 3 N–H and O–H groups in total. The minimum Gasteiger partial charge on any atom is -0.456 e. The fraction of sp³-hybridized carbons (Fsp3) is 0.679. The van der Waals surface area contributed by atoms with Gasteiger partial charge in [-0.15, -0.1) is 6.58 Å². The Kier molecular flexibility index (Phi) is 18.1. The number of hydrogen-bond donors (Lipinski definition) is 3. The first-order chi connectivity index (χ1) is 33.5. The first kappa shape index (κ1) is 53.6. The number of aromatic nitrogens is 1. The van der Waals surface area contributed by atoms with Crippen LogP contribution in [0.4, 0.5) is 5.69 Å². The van der Waals surface area contributed by atoms with Gasteiger partial charge in [-0.25, -0.2) is 4.79 Å². The number of methoxy groups -OCH3 is 2. The molecule has 1 aromatic heterocycles. The van der Waals surface area contributed by atoms with E-state index in [-0.39, 0.29) is 55.6 Å². The number of piperidine rings is 1. The van der Waals surface area contributed by atoms with Gasteiger partial charge >= 0.3 is 5.97 Å². The number of esters is 1. The minimum absolute atomic E-state index is 0.00884. The molecular formula is C56H81N3O11. The number of allylic oxidation sites excluding steroid dienone is 4. The lowest BCUT2D eigenvalue weighted by atomic mass is 9.80. The van der Waals surface area contributed by atoms with Crippen molar-refractivity contribution in [2.24, 2.45) is 29.6 Å². The van der Waals surface area contributed by atoms with Crippen LogP contribution in [0.1, 0.15) is 131 Å². The van der Waals surface area contributed by atoms with Gasteiger partial charge in [-0.2, -0.15) is 0 Å². The maximum atomic E-state index is 14.7. The lowest BCUT2D eigenvalue weighted by molar-refractivity contribution is -0.302. The number of aliphatic hydroxyl groups excluding tert-OH is 1. The largest absolute Gasteiger partial charge is 0.456 e. The first-order valence-corrected chi connectivity index (χ1v) is 26.2. The summed E-state index contributed by atoms with van der Waals surface area (Å²) in [5, 5.41) is 29.2. The molecule has 14 nitrogen and oxygen atoms in total. The quantitative estimate of drug-likeness (QED) is 0.112. The SMILES string of the molecule is C=CCC1/C=C(\C)CC(C)CC(OC)C2OC(O)(C(=O)C(=O)N3CCCCC3C(=O)OC(C(C)=CC3CCC(Nc4ccc5c(ccn5C5CC5)c4)C(OCC)C3)C(C)C(O)CC1=O)C(C)CC2OC. The van der Waals surface area contributed by atoms with Crippen LogP contribution in [0.3, 0.4) is 0 Å². The molecule has 0 spiro atoms. The number of carbonyl (C=O) groups excluding carboxylic acids is 4. The molecule has 70 heavy (non-hydrogen) atoms. The number of hydrogen-bond acceptors (Lipinski definition) is 12. The number of amides is 1. The molecule has 3 aliphatic heterocycles. The molecule has 14 unspecified atom stereocenters. The molecule has 2 saturated carbocycles. The van der Waals surface area contributed by atoms with Gasteiger partial charge in [0.15, 0.2) is 0 Å². The third-order valence-corrected chi connectivity index (χ3v) is 16.0. The first-order valence-electron chi connectivity index (χ1n) is 26.2. The van der Waals surface area contributed by atoms with Gasteiger partial charge in [0.05, 0.1) is 30.5 Å². The van der Waals surface area contributed by atoms with Gasteiger partial charge in [0.1, 0.15) is 24.0 Å². The molecule has 1 aromatic carbocycles. The predicted octanol–water partition coefficient (Wildman–Crippen LogP) is 8.44. The van der Waals surface area contributed by atoms with Crippen LogP contribution >= 0.6 is 0 Å². The van der Waals surface area contributed by atoms with Crippen LogP contribution in [0.2, 0.25) is 0 Å². The van der Waals surface area contributed by atoms with E-state index < -0.39 is 77.8 Å². The Balaban J connectivity index is 1.17. The van der Waals surface area contributed by atoms with Gasteiger partial charge in [0.2, 0.25) is 5.79 Å². The third-order valence-electron chi connectivity index (χ3n) is 16.0. The van der Waals surface area contributed by atoms with Crippen molar-refractivity contribution in [3.05, 3.63) is 66.4 Å². The number of cyclic esters (lactones) is 1. The number of carbonyl (C=O) groups is 4. The van der Waals surface area contributed by atoms with Crippen LogP contribution in [-0.4, -0.2) is 125 Å². The van der Waals surface area contributed by atoms with E-state index in [1.54, 1.807) is 27.0 Å². The van der Waals surface area contributed by atoms with Crippen LogP contribution in [0.25, 0.3) is 10.9 Å². The molecule has 7 rings (SSSR count). The number of nitrogens with one attached hydrogen (secondary N) is 1. The lowest BCUT2D eigenvalue weighted by Crippen LogP contribution is -2.64. The molecule has 4 heterocycles. The van der Waals surface area contributed by atoms with Crippen LogP contribution in [0, 0.1) is 29.6 Å². The van der Waals surface area contributed by atoms with E-state index in [0.717, 1.165) is 24.1 Å². The summed E-state index contributed by atoms with van der Waals surface area (Å²) < 4.78 is 33.4. The third kappa shape index (κ3) is 12.2. The Morgan fingerprint density at radius 3 is 2.40 bits per heavy atom. The second kappa shape index (κ2) is 23.6. The molecule has 0 radical (unpaired) electrons. The summed E-state index contributed by atoms with van der Waals surface area (Å²) in [6.45, 7) is 15.9. The number of Topliss-reactive ketones (excluding diaryl/α,β-unsaturated/α-hetero) is 2. The molecule has 5 aliphatic rings. The zero-order valence-corrected chi connectivity index (χ0v) is 43.0. The molecule has 2 aromatic rings. The topological polar surface area (TPSA) is 175 Å². The summed E-state index contributed by atoms with van der Waals surface area (Å²) in [4.78, 5) is 58.9. The molecule has 4 fully saturated rings. The smallest absolute Gasteiger partial charge is 0.329 e. The zero-order chi connectivity index (χ0) is 50.4. The molecular weight excluding hydrogens is 891 g/mol. The van der Waals surface area contributed by atoms with Crippen molar-refractivity contribution in [3.63, 3.8) is 0 Å². The average molecular weight is 972 g/mol. The van der Waals surface area contributed by atoms with Crippen molar-refractivity contribution >= 4 is 40.0 Å². The van der Waals surface area contributed by atoms with E-state index in [4.69, 9.17) is 23.7 Å². The van der Waals surface area contributed by atoms with E-state index >= 15 is 0 Å². The molecule has 1 amide bonds. The summed E-state index contributed by atoms with van der Waals surface area (Å²) in [5.74, 6) is -7.62. The number of fused-ring (bicyclic) bond motifs is 4. The number of ether oxygens (including phenoxy) is 5. The van der Waals surface area contributed by atoms with Gasteiger partial charge in [-0.3, -0.25) is 14.4 Å². The summed E-state index contributed by atoms with van der Waals surface area (Å²) >= 11 is 0. The molecule has 2 aliphatic carbocycles. The standard InChI is InChI=1S/C56H81N3O11/c1-10-14-40-26-33(3)25-34(4)27-49(66-8)52-50(67-9)29-36(6)56(65,70-52)53(62)54(63)59-23-13-12-15-45(59)55(64)69-51(37(7)46(60)32-47(40)61)35(5)28-38-16-20-43(48(30-38)68-11-2)57-41-17-21-44-39(31-41)22-24-58(44)42-18-19-42/h10,17,21-22,24,26,28,31,34,36-38,40,42-43,45-46,48-52,57,60,65H,1,11-16,18-20,23,25,27,29-30,32H2,2-9H3/b33-26+,35-28?. The number of anilines is 1. The van der Waals surface area contributed by atoms with Crippen molar-refractivity contribution in [2.75, 3.05) is 32.7 Å². The maximum absolute atomic E-state index is 14.7. The van der Waals surface area contributed by atoms with Gasteiger partial charge in [0, 0.05) is 80.4 Å². The Labute approximate surface area is 415 Å². The minimum atomic E-state index is -2.51.